The van der Waals surface area contributed by atoms with E-state index in [-0.39, 0.29) is 17.9 Å². The lowest BCUT2D eigenvalue weighted by Crippen LogP contribution is -2.18. The first-order valence-corrected chi connectivity index (χ1v) is 7.15. The van der Waals surface area contributed by atoms with E-state index >= 15 is 0 Å². The number of benzene rings is 1. The Morgan fingerprint density at radius 3 is 2.59 bits per heavy atom. The van der Waals surface area contributed by atoms with E-state index in [4.69, 9.17) is 10.8 Å². The number of carboxylic acid groups (broad SMARTS) is 1. The first-order valence-electron chi connectivity index (χ1n) is 7.15. The number of nitrogens with zero attached hydrogens (tertiary/aromatic N) is 1. The highest BCUT2D eigenvalue weighted by Gasteiger charge is 2.12. The number of aryl methyl sites for hydroxylation is 1. The summed E-state index contributed by atoms with van der Waals surface area (Å²) in [5.41, 5.74) is 8.44. The van der Waals surface area contributed by atoms with E-state index in [0.717, 1.165) is 11.1 Å². The highest BCUT2D eigenvalue weighted by atomic mass is 16.4. The van der Waals surface area contributed by atoms with Crippen molar-refractivity contribution >= 4 is 11.9 Å². The number of nitrogens with two attached hydrogens (primary N) is 1. The molecule has 1 aromatic carbocycles. The number of aliphatic carboxylic acids is 1. The van der Waals surface area contributed by atoms with Crippen molar-refractivity contribution in [3.05, 3.63) is 45.7 Å². The van der Waals surface area contributed by atoms with Crippen molar-refractivity contribution < 1.29 is 9.90 Å². The number of nitrogen functional groups attached to an aromatic ring is 1. The molecule has 0 saturated carbocycles. The van der Waals surface area contributed by atoms with Crippen LogP contribution in [-0.2, 0) is 11.2 Å². The number of hydrogen-bond acceptors (Lipinski definition) is 4. The molecule has 6 nitrogen and oxygen atoms in total. The molecule has 22 heavy (non-hydrogen) atoms. The molecule has 2 rings (SSSR count). The molecule has 0 saturated heterocycles. The van der Waals surface area contributed by atoms with Gasteiger partial charge in [0, 0.05) is 17.5 Å². The van der Waals surface area contributed by atoms with Crippen LogP contribution in [-0.4, -0.2) is 21.0 Å². The fraction of sp³-hybridized carbons (Fsp3) is 0.312. The van der Waals surface area contributed by atoms with E-state index in [9.17, 15) is 9.59 Å². The zero-order valence-corrected chi connectivity index (χ0v) is 12.4. The van der Waals surface area contributed by atoms with Crippen molar-refractivity contribution in [2.45, 2.75) is 32.6 Å². The number of H-pyrrole nitrogens is 1. The number of anilines is 1. The molecule has 116 valence electrons. The van der Waals surface area contributed by atoms with Crippen LogP contribution in [0.3, 0.4) is 0 Å². The minimum atomic E-state index is -0.830. The number of carbonyl (C=O) groups is 1. The smallest absolute Gasteiger partial charge is 0.303 e. The van der Waals surface area contributed by atoms with E-state index in [2.05, 4.69) is 9.97 Å². The summed E-state index contributed by atoms with van der Waals surface area (Å²) in [4.78, 5) is 29.4. The lowest BCUT2D eigenvalue weighted by Gasteiger charge is -2.09. The highest BCUT2D eigenvalue weighted by molar-refractivity contribution is 5.66. The number of carboxylic acids is 1. The maximum absolute atomic E-state index is 12.1. The summed E-state index contributed by atoms with van der Waals surface area (Å²) in [6.07, 6.45) is 1.70. The lowest BCUT2D eigenvalue weighted by molar-refractivity contribution is -0.137. The fourth-order valence-corrected chi connectivity index (χ4v) is 2.28. The lowest BCUT2D eigenvalue weighted by atomic mass is 10.0. The van der Waals surface area contributed by atoms with Crippen molar-refractivity contribution in [2.75, 3.05) is 5.73 Å². The van der Waals surface area contributed by atoms with Crippen LogP contribution in [0, 0.1) is 6.92 Å². The van der Waals surface area contributed by atoms with Crippen molar-refractivity contribution in [1.29, 1.82) is 0 Å². The topological polar surface area (TPSA) is 109 Å². The van der Waals surface area contributed by atoms with Crippen molar-refractivity contribution in [1.82, 2.24) is 9.97 Å². The molecule has 1 heterocycles. The van der Waals surface area contributed by atoms with Gasteiger partial charge < -0.3 is 10.8 Å². The van der Waals surface area contributed by atoms with Crippen LogP contribution in [0.25, 0.3) is 11.3 Å². The van der Waals surface area contributed by atoms with Gasteiger partial charge in [0.05, 0.1) is 5.69 Å². The molecule has 6 heteroatoms. The normalized spacial score (nSPS) is 10.6. The van der Waals surface area contributed by atoms with Gasteiger partial charge in [0.25, 0.3) is 5.56 Å². The summed E-state index contributed by atoms with van der Waals surface area (Å²) < 4.78 is 0. The third-order valence-electron chi connectivity index (χ3n) is 3.43. The number of aromatic amines is 1. The van der Waals surface area contributed by atoms with Crippen LogP contribution in [0.5, 0.6) is 0 Å². The SMILES string of the molecule is Cc1ccc(-c2nc(N)[nH]c(=O)c2CCCCC(=O)O)cc1. The Kier molecular flexibility index (Phi) is 4.93. The Labute approximate surface area is 128 Å². The summed E-state index contributed by atoms with van der Waals surface area (Å²) in [6, 6.07) is 7.69. The average Bonchev–Trinajstić information content (AvgIpc) is 2.45. The van der Waals surface area contributed by atoms with E-state index in [1.54, 1.807) is 0 Å². The van der Waals surface area contributed by atoms with E-state index in [1.165, 1.54) is 0 Å². The molecule has 0 unspecified atom stereocenters. The summed E-state index contributed by atoms with van der Waals surface area (Å²) >= 11 is 0. The standard InChI is InChI=1S/C16H19N3O3/c1-10-6-8-11(9-7-10)14-12(4-2-3-5-13(20)21)15(22)19-16(17)18-14/h6-9H,2-5H2,1H3,(H,20,21)(H3,17,18,19,22). The average molecular weight is 301 g/mol. The monoisotopic (exact) mass is 301 g/mol. The number of nitrogens with one attached hydrogen (secondary N) is 1. The van der Waals surface area contributed by atoms with E-state index in [1.807, 2.05) is 31.2 Å². The van der Waals surface area contributed by atoms with Gasteiger partial charge in [-0.25, -0.2) is 4.98 Å². The van der Waals surface area contributed by atoms with Crippen LogP contribution in [0.4, 0.5) is 5.95 Å². The summed E-state index contributed by atoms with van der Waals surface area (Å²) in [7, 11) is 0. The molecule has 0 amide bonds. The number of aromatic nitrogens is 2. The molecule has 0 atom stereocenters. The molecular weight excluding hydrogens is 282 g/mol. The minimum Gasteiger partial charge on any atom is -0.481 e. The van der Waals surface area contributed by atoms with Gasteiger partial charge in [0.15, 0.2) is 0 Å². The summed E-state index contributed by atoms with van der Waals surface area (Å²) in [6.45, 7) is 1.98. The predicted octanol–water partition coefficient (Wildman–Crippen LogP) is 2.12. The molecule has 0 aliphatic heterocycles. The quantitative estimate of drug-likeness (QED) is 0.708. The van der Waals surface area contributed by atoms with Gasteiger partial charge in [0.2, 0.25) is 5.95 Å². The van der Waals surface area contributed by atoms with Crippen LogP contribution < -0.4 is 11.3 Å². The van der Waals surface area contributed by atoms with Gasteiger partial charge in [-0.1, -0.05) is 29.8 Å². The Morgan fingerprint density at radius 2 is 1.95 bits per heavy atom. The molecule has 0 aliphatic carbocycles. The zero-order valence-electron chi connectivity index (χ0n) is 12.4. The maximum Gasteiger partial charge on any atom is 0.303 e. The van der Waals surface area contributed by atoms with Gasteiger partial charge in [0.1, 0.15) is 0 Å². The number of hydrogen-bond donors (Lipinski definition) is 3. The zero-order chi connectivity index (χ0) is 16.1. The van der Waals surface area contributed by atoms with Gasteiger partial charge >= 0.3 is 5.97 Å². The first kappa shape index (κ1) is 15.8. The molecule has 0 bridgehead atoms. The maximum atomic E-state index is 12.1. The highest BCUT2D eigenvalue weighted by Crippen LogP contribution is 2.21. The molecule has 1 aromatic heterocycles. The largest absolute Gasteiger partial charge is 0.481 e. The Balaban J connectivity index is 2.29. The molecule has 0 aliphatic rings. The molecular formula is C16H19N3O3. The Morgan fingerprint density at radius 1 is 1.27 bits per heavy atom. The van der Waals surface area contributed by atoms with Gasteiger partial charge in [-0.15, -0.1) is 0 Å². The van der Waals surface area contributed by atoms with Gasteiger partial charge in [-0.2, -0.15) is 0 Å². The van der Waals surface area contributed by atoms with Crippen molar-refractivity contribution in [3.63, 3.8) is 0 Å². The third-order valence-corrected chi connectivity index (χ3v) is 3.43. The fourth-order valence-electron chi connectivity index (χ4n) is 2.28. The molecule has 2 aromatic rings. The Hall–Kier alpha value is -2.63. The van der Waals surface area contributed by atoms with Crippen molar-refractivity contribution in [2.24, 2.45) is 0 Å². The molecule has 0 fully saturated rings. The van der Waals surface area contributed by atoms with Crippen LogP contribution in [0.2, 0.25) is 0 Å². The molecule has 4 N–H and O–H groups in total. The number of rotatable bonds is 6. The van der Waals surface area contributed by atoms with Gasteiger partial charge in [-0.3, -0.25) is 14.6 Å². The van der Waals surface area contributed by atoms with Gasteiger partial charge in [-0.05, 0) is 26.2 Å². The second kappa shape index (κ2) is 6.89. The first-order chi connectivity index (χ1) is 10.5. The second-order valence-electron chi connectivity index (χ2n) is 5.25. The number of unbranched alkanes of at least 4 members (excludes halogenated alkanes) is 1. The second-order valence-corrected chi connectivity index (χ2v) is 5.25. The molecule has 0 radical (unpaired) electrons. The van der Waals surface area contributed by atoms with Crippen LogP contribution >= 0.6 is 0 Å². The third kappa shape index (κ3) is 3.94. The predicted molar refractivity (Wildman–Crippen MR) is 84.6 cm³/mol. The van der Waals surface area contributed by atoms with Crippen LogP contribution in [0.1, 0.15) is 30.4 Å². The summed E-state index contributed by atoms with van der Waals surface area (Å²) in [5, 5.41) is 8.66. The minimum absolute atomic E-state index is 0.0786. The molecule has 0 spiro atoms. The van der Waals surface area contributed by atoms with E-state index < -0.39 is 5.97 Å². The van der Waals surface area contributed by atoms with Crippen LogP contribution in [0.15, 0.2) is 29.1 Å². The van der Waals surface area contributed by atoms with Crippen molar-refractivity contribution in [3.8, 4) is 11.3 Å². The summed E-state index contributed by atoms with van der Waals surface area (Å²) in [5.74, 6) is -0.752. The van der Waals surface area contributed by atoms with E-state index in [0.29, 0.717) is 30.5 Å². The Bertz CT molecular complexity index is 720.